The number of ether oxygens (including phenoxy) is 1. The number of hydrogen-bond donors (Lipinski definition) is 1. The van der Waals surface area contributed by atoms with E-state index in [4.69, 9.17) is 15.0 Å². The molecule has 0 aromatic carbocycles. The second kappa shape index (κ2) is 6.24. The minimum absolute atomic E-state index is 0.0326. The Bertz CT molecular complexity index is 400. The van der Waals surface area contributed by atoms with E-state index in [1.165, 1.54) is 32.1 Å². The first-order chi connectivity index (χ1) is 9.34. The number of thioether (sulfide) groups is 1. The molecular weight excluding hydrogens is 262 g/mol. The third-order valence-electron chi connectivity index (χ3n) is 4.00. The minimum Gasteiger partial charge on any atom is -0.368 e. The van der Waals surface area contributed by atoms with Crippen LogP contribution in [0.2, 0.25) is 0 Å². The Morgan fingerprint density at radius 1 is 1.26 bits per heavy atom. The Labute approximate surface area is 117 Å². The molecule has 0 spiro atoms. The fourth-order valence-electron chi connectivity index (χ4n) is 2.85. The summed E-state index contributed by atoms with van der Waals surface area (Å²) in [5.41, 5.74) is 6.27. The molecule has 1 aromatic rings. The third-order valence-corrected chi connectivity index (χ3v) is 5.00. The Hall–Kier alpha value is -0.590. The summed E-state index contributed by atoms with van der Waals surface area (Å²) in [6.45, 7) is 0.758. The number of nitrogens with zero attached hydrogens (tertiary/aromatic N) is 2. The van der Waals surface area contributed by atoms with Crippen LogP contribution < -0.4 is 5.73 Å². The Morgan fingerprint density at radius 3 is 2.84 bits per heavy atom. The van der Waals surface area contributed by atoms with Gasteiger partial charge in [0, 0.05) is 11.5 Å². The molecule has 3 rings (SSSR count). The Morgan fingerprint density at radius 2 is 2.11 bits per heavy atom. The monoisotopic (exact) mass is 283 g/mol. The molecular formula is C13H21N3O2S. The van der Waals surface area contributed by atoms with Crippen LogP contribution in [0.1, 0.15) is 56.0 Å². The van der Waals surface area contributed by atoms with Crippen molar-refractivity contribution in [1.29, 1.82) is 0 Å². The molecule has 1 aromatic heterocycles. The Kier molecular flexibility index (Phi) is 4.40. The summed E-state index contributed by atoms with van der Waals surface area (Å²) in [7, 11) is 0. The zero-order chi connectivity index (χ0) is 13.1. The van der Waals surface area contributed by atoms with Gasteiger partial charge < -0.3 is 15.0 Å². The lowest BCUT2D eigenvalue weighted by Crippen LogP contribution is -2.24. The summed E-state index contributed by atoms with van der Waals surface area (Å²) >= 11 is 1.87. The molecule has 2 atom stereocenters. The third kappa shape index (κ3) is 3.12. The van der Waals surface area contributed by atoms with Crippen molar-refractivity contribution in [3.63, 3.8) is 0 Å². The SMILES string of the molecule is NC(c1nc(C2CSCCO2)no1)C1CCCCC1. The van der Waals surface area contributed by atoms with Crippen LogP contribution in [-0.4, -0.2) is 28.3 Å². The molecule has 2 fully saturated rings. The van der Waals surface area contributed by atoms with E-state index in [1.54, 1.807) is 0 Å². The van der Waals surface area contributed by atoms with E-state index in [9.17, 15) is 0 Å². The van der Waals surface area contributed by atoms with E-state index >= 15 is 0 Å². The van der Waals surface area contributed by atoms with Crippen molar-refractivity contribution in [1.82, 2.24) is 10.1 Å². The average Bonchev–Trinajstić information content (AvgIpc) is 2.98. The van der Waals surface area contributed by atoms with Crippen LogP contribution in [0, 0.1) is 5.92 Å². The van der Waals surface area contributed by atoms with Gasteiger partial charge in [0.05, 0.1) is 12.6 Å². The molecule has 0 radical (unpaired) electrons. The zero-order valence-electron chi connectivity index (χ0n) is 11.1. The summed E-state index contributed by atoms with van der Waals surface area (Å²) < 4.78 is 11.0. The maximum atomic E-state index is 6.27. The summed E-state index contributed by atoms with van der Waals surface area (Å²) in [4.78, 5) is 4.47. The van der Waals surface area contributed by atoms with Crippen molar-refractivity contribution in [3.8, 4) is 0 Å². The van der Waals surface area contributed by atoms with Gasteiger partial charge in [0.1, 0.15) is 6.10 Å². The fourth-order valence-corrected chi connectivity index (χ4v) is 3.69. The predicted molar refractivity (Wildman–Crippen MR) is 73.8 cm³/mol. The summed E-state index contributed by atoms with van der Waals surface area (Å²) in [5, 5.41) is 4.05. The van der Waals surface area contributed by atoms with Crippen LogP contribution >= 0.6 is 11.8 Å². The highest BCUT2D eigenvalue weighted by Gasteiger charge is 2.28. The highest BCUT2D eigenvalue weighted by Crippen LogP contribution is 2.33. The predicted octanol–water partition coefficient (Wildman–Crippen LogP) is 2.45. The Balaban J connectivity index is 1.65. The fraction of sp³-hybridized carbons (Fsp3) is 0.846. The number of aromatic nitrogens is 2. The number of rotatable bonds is 3. The van der Waals surface area contributed by atoms with Gasteiger partial charge >= 0.3 is 0 Å². The first-order valence-electron chi connectivity index (χ1n) is 7.13. The van der Waals surface area contributed by atoms with Crippen LogP contribution in [0.5, 0.6) is 0 Å². The molecule has 1 aliphatic heterocycles. The molecule has 2 heterocycles. The van der Waals surface area contributed by atoms with Crippen LogP contribution in [0.15, 0.2) is 4.52 Å². The molecule has 0 amide bonds. The molecule has 1 saturated carbocycles. The van der Waals surface area contributed by atoms with E-state index in [0.29, 0.717) is 17.6 Å². The first kappa shape index (κ1) is 13.4. The zero-order valence-corrected chi connectivity index (χ0v) is 11.9. The summed E-state index contributed by atoms with van der Waals surface area (Å²) in [6.07, 6.45) is 6.17. The van der Waals surface area contributed by atoms with Crippen LogP contribution in [0.4, 0.5) is 0 Å². The van der Waals surface area contributed by atoms with E-state index < -0.39 is 0 Å². The molecule has 2 unspecified atom stereocenters. The van der Waals surface area contributed by atoms with Crippen molar-refractivity contribution in [2.45, 2.75) is 44.2 Å². The van der Waals surface area contributed by atoms with E-state index in [2.05, 4.69) is 10.1 Å². The summed E-state index contributed by atoms with van der Waals surface area (Å²) in [6, 6.07) is -0.113. The smallest absolute Gasteiger partial charge is 0.243 e. The topological polar surface area (TPSA) is 74.2 Å². The molecule has 2 aliphatic rings. The largest absolute Gasteiger partial charge is 0.368 e. The van der Waals surface area contributed by atoms with Gasteiger partial charge in [-0.1, -0.05) is 24.4 Å². The van der Waals surface area contributed by atoms with Crippen LogP contribution in [-0.2, 0) is 4.74 Å². The summed E-state index contributed by atoms with van der Waals surface area (Å²) in [5.74, 6) is 3.68. The highest BCUT2D eigenvalue weighted by atomic mass is 32.2. The van der Waals surface area contributed by atoms with Gasteiger partial charge in [-0.3, -0.25) is 0 Å². The lowest BCUT2D eigenvalue weighted by Gasteiger charge is -2.24. The molecule has 5 nitrogen and oxygen atoms in total. The van der Waals surface area contributed by atoms with Gasteiger partial charge in [-0.15, -0.1) is 0 Å². The van der Waals surface area contributed by atoms with Gasteiger partial charge in [-0.2, -0.15) is 16.7 Å². The molecule has 2 N–H and O–H groups in total. The molecule has 1 aliphatic carbocycles. The molecule has 6 heteroatoms. The van der Waals surface area contributed by atoms with E-state index in [-0.39, 0.29) is 12.1 Å². The lowest BCUT2D eigenvalue weighted by atomic mass is 9.84. The van der Waals surface area contributed by atoms with E-state index in [0.717, 1.165) is 18.1 Å². The number of nitrogens with two attached hydrogens (primary N) is 1. The van der Waals surface area contributed by atoms with Gasteiger partial charge in [-0.25, -0.2) is 0 Å². The lowest BCUT2D eigenvalue weighted by molar-refractivity contribution is 0.0677. The van der Waals surface area contributed by atoms with Crippen molar-refractivity contribution >= 4 is 11.8 Å². The normalized spacial score (nSPS) is 27.3. The van der Waals surface area contributed by atoms with Crippen molar-refractivity contribution in [2.75, 3.05) is 18.1 Å². The van der Waals surface area contributed by atoms with Gasteiger partial charge in [-0.05, 0) is 18.8 Å². The molecule has 1 saturated heterocycles. The maximum Gasteiger partial charge on any atom is 0.243 e. The minimum atomic E-state index is -0.113. The van der Waals surface area contributed by atoms with Crippen molar-refractivity contribution in [3.05, 3.63) is 11.7 Å². The number of hydrogen-bond acceptors (Lipinski definition) is 6. The van der Waals surface area contributed by atoms with Gasteiger partial charge in [0.25, 0.3) is 0 Å². The highest BCUT2D eigenvalue weighted by molar-refractivity contribution is 7.99. The maximum absolute atomic E-state index is 6.27. The molecule has 106 valence electrons. The average molecular weight is 283 g/mol. The molecule has 19 heavy (non-hydrogen) atoms. The first-order valence-corrected chi connectivity index (χ1v) is 8.28. The van der Waals surface area contributed by atoms with Gasteiger partial charge in [0.15, 0.2) is 0 Å². The van der Waals surface area contributed by atoms with Crippen LogP contribution in [0.25, 0.3) is 0 Å². The second-order valence-electron chi connectivity index (χ2n) is 5.35. The second-order valence-corrected chi connectivity index (χ2v) is 6.50. The van der Waals surface area contributed by atoms with Crippen molar-refractivity contribution in [2.24, 2.45) is 11.7 Å². The van der Waals surface area contributed by atoms with Crippen molar-refractivity contribution < 1.29 is 9.26 Å². The quantitative estimate of drug-likeness (QED) is 0.918. The standard InChI is InChI=1S/C13H21N3O2S/c14-11(9-4-2-1-3-5-9)13-15-12(16-18-13)10-8-19-7-6-17-10/h9-11H,1-8,14H2. The molecule has 0 bridgehead atoms. The van der Waals surface area contributed by atoms with Crippen LogP contribution in [0.3, 0.4) is 0 Å². The van der Waals surface area contributed by atoms with Gasteiger partial charge in [0.2, 0.25) is 11.7 Å². The van der Waals surface area contributed by atoms with E-state index in [1.807, 2.05) is 11.8 Å².